The third kappa shape index (κ3) is 82.1. The Balaban J connectivity index is 5.23. The highest BCUT2D eigenvalue weighted by molar-refractivity contribution is 7.47. The van der Waals surface area contributed by atoms with Crippen molar-refractivity contribution in [3.8, 4) is 0 Å². The van der Waals surface area contributed by atoms with Crippen LogP contribution in [0.4, 0.5) is 0 Å². The Kier molecular flexibility index (Phi) is 80.2. The van der Waals surface area contributed by atoms with Gasteiger partial charge in [-0.2, -0.15) is 0 Å². The van der Waals surface area contributed by atoms with E-state index in [9.17, 15) is 43.2 Å². The molecule has 0 heterocycles. The van der Waals surface area contributed by atoms with Gasteiger partial charge in [-0.1, -0.05) is 433 Å². The highest BCUT2D eigenvalue weighted by atomic mass is 31.2. The number of hydrogen-bond acceptors (Lipinski definition) is 15. The maximum Gasteiger partial charge on any atom is 0.472 e. The number of rotatable bonds is 89. The van der Waals surface area contributed by atoms with Crippen LogP contribution >= 0.6 is 15.6 Å². The number of aliphatic hydroxyl groups excluding tert-OH is 1. The van der Waals surface area contributed by atoms with E-state index < -0.39 is 97.5 Å². The van der Waals surface area contributed by atoms with Gasteiger partial charge in [0.15, 0.2) is 12.2 Å². The number of esters is 4. The molecule has 3 N–H and O–H groups in total. The maximum absolute atomic E-state index is 13.2. The van der Waals surface area contributed by atoms with Gasteiger partial charge in [-0.05, 0) is 31.6 Å². The molecule has 0 spiro atoms. The number of hydrogen-bond donors (Lipinski definition) is 3. The Morgan fingerprint density at radius 2 is 0.426 bits per heavy atom. The zero-order valence-electron chi connectivity index (χ0n) is 71.0. The van der Waals surface area contributed by atoms with Gasteiger partial charge >= 0.3 is 39.5 Å². The molecule has 0 aliphatic carbocycles. The van der Waals surface area contributed by atoms with Gasteiger partial charge in [0, 0.05) is 25.7 Å². The number of phosphoric ester groups is 2. The molecule has 0 aromatic carbocycles. The van der Waals surface area contributed by atoms with Gasteiger partial charge in [0.25, 0.3) is 0 Å². The highest BCUT2D eigenvalue weighted by Gasteiger charge is 2.30. The summed E-state index contributed by atoms with van der Waals surface area (Å²) in [5.41, 5.74) is 0. The van der Waals surface area contributed by atoms with Gasteiger partial charge in [0.2, 0.25) is 0 Å². The number of ether oxygens (including phenoxy) is 4. The fourth-order valence-corrected chi connectivity index (χ4v) is 15.6. The largest absolute Gasteiger partial charge is 0.472 e. The van der Waals surface area contributed by atoms with Crippen LogP contribution in [-0.4, -0.2) is 96.7 Å². The van der Waals surface area contributed by atoms with Crippen molar-refractivity contribution < 1.29 is 80.2 Å². The summed E-state index contributed by atoms with van der Waals surface area (Å²) in [5.74, 6) is -1.34. The van der Waals surface area contributed by atoms with Crippen LogP contribution in [0.25, 0.3) is 0 Å². The van der Waals surface area contributed by atoms with E-state index >= 15 is 0 Å². The van der Waals surface area contributed by atoms with E-state index in [-0.39, 0.29) is 25.7 Å². The number of carbonyl (C=O) groups is 4. The van der Waals surface area contributed by atoms with Crippen molar-refractivity contribution in [2.75, 3.05) is 39.6 Å². The number of unbranched alkanes of at least 4 members (excludes halogenated alkanes) is 61. The van der Waals surface area contributed by atoms with E-state index in [0.29, 0.717) is 25.7 Å². The van der Waals surface area contributed by atoms with E-state index in [2.05, 4.69) is 34.6 Å². The summed E-state index contributed by atoms with van der Waals surface area (Å²) >= 11 is 0. The van der Waals surface area contributed by atoms with Crippen LogP contribution in [0.5, 0.6) is 0 Å². The molecule has 0 aromatic heterocycles. The normalized spacial score (nSPS) is 13.7. The Hall–Kier alpha value is -1.94. The lowest BCUT2D eigenvalue weighted by atomic mass is 10.0. The molecule has 108 heavy (non-hydrogen) atoms. The van der Waals surface area contributed by atoms with Gasteiger partial charge in [0.05, 0.1) is 26.4 Å². The van der Waals surface area contributed by atoms with Crippen molar-refractivity contribution in [1.82, 2.24) is 0 Å². The van der Waals surface area contributed by atoms with Gasteiger partial charge < -0.3 is 33.8 Å². The zero-order valence-corrected chi connectivity index (χ0v) is 72.8. The predicted molar refractivity (Wildman–Crippen MR) is 446 cm³/mol. The van der Waals surface area contributed by atoms with Crippen LogP contribution in [0, 0.1) is 5.92 Å². The third-order valence-electron chi connectivity index (χ3n) is 21.0. The number of aliphatic hydroxyl groups is 1. The Bertz CT molecular complexity index is 2050. The predicted octanol–water partition coefficient (Wildman–Crippen LogP) is 27.5. The lowest BCUT2D eigenvalue weighted by molar-refractivity contribution is -0.161. The molecule has 5 atom stereocenters. The smallest absolute Gasteiger partial charge is 0.462 e. The minimum absolute atomic E-state index is 0.107. The van der Waals surface area contributed by atoms with Crippen LogP contribution in [0.1, 0.15) is 484 Å². The van der Waals surface area contributed by atoms with Crippen LogP contribution in [-0.2, 0) is 65.4 Å². The maximum atomic E-state index is 13.2. The molecule has 0 rings (SSSR count). The third-order valence-corrected chi connectivity index (χ3v) is 22.9. The fraction of sp³-hybridized carbons (Fsp3) is 0.955. The summed E-state index contributed by atoms with van der Waals surface area (Å²) in [6.07, 6.45) is 76.5. The lowest BCUT2D eigenvalue weighted by Crippen LogP contribution is -2.30. The zero-order chi connectivity index (χ0) is 79.0. The Morgan fingerprint density at radius 1 is 0.250 bits per heavy atom. The quantitative estimate of drug-likeness (QED) is 0.0222. The van der Waals surface area contributed by atoms with Crippen LogP contribution in [0.3, 0.4) is 0 Å². The van der Waals surface area contributed by atoms with Crippen molar-refractivity contribution >= 4 is 39.5 Å². The van der Waals surface area contributed by atoms with Gasteiger partial charge in [0.1, 0.15) is 19.3 Å². The van der Waals surface area contributed by atoms with Gasteiger partial charge in [-0.25, -0.2) is 9.13 Å². The van der Waals surface area contributed by atoms with Crippen LogP contribution in [0.15, 0.2) is 0 Å². The van der Waals surface area contributed by atoms with E-state index in [1.165, 1.54) is 308 Å². The average Bonchev–Trinajstić information content (AvgIpc) is 0.898. The van der Waals surface area contributed by atoms with E-state index in [1.54, 1.807) is 0 Å². The SMILES string of the molecule is CCCCCCCCCCCCCCCCCCCCCCCCC(=O)O[C@H](COC(=O)CCCCCCCCCCCCCCCCCCCCCC)COP(=O)(O)OC[C@@H](O)COP(=O)(O)OC[C@@H](COC(=O)CCCCCCCCCCCCCCC)OC(=O)CCCCCCCCCCCCC(C)C. The molecule has 19 heteroatoms. The molecule has 0 radical (unpaired) electrons. The number of phosphoric acid groups is 2. The molecular weight excluding hydrogens is 1400 g/mol. The second kappa shape index (κ2) is 81.6. The molecule has 0 saturated heterocycles. The Labute approximate surface area is 664 Å². The number of carbonyl (C=O) groups excluding carboxylic acids is 4. The molecular formula is C89H174O17P2. The van der Waals surface area contributed by atoms with Crippen molar-refractivity contribution in [1.29, 1.82) is 0 Å². The molecule has 2 unspecified atom stereocenters. The molecule has 0 amide bonds. The molecule has 0 aromatic rings. The first kappa shape index (κ1) is 106. The highest BCUT2D eigenvalue weighted by Crippen LogP contribution is 2.45. The molecule has 0 fully saturated rings. The summed E-state index contributed by atoms with van der Waals surface area (Å²) in [4.78, 5) is 73.3. The first-order valence-electron chi connectivity index (χ1n) is 46.1. The van der Waals surface area contributed by atoms with Crippen molar-refractivity contribution in [3.63, 3.8) is 0 Å². The summed E-state index contributed by atoms with van der Waals surface area (Å²) in [7, 11) is -9.93. The van der Waals surface area contributed by atoms with Crippen molar-refractivity contribution in [2.45, 2.75) is 502 Å². The molecule has 0 saturated carbocycles. The fourth-order valence-electron chi connectivity index (χ4n) is 14.0. The summed E-state index contributed by atoms with van der Waals surface area (Å²) in [6.45, 7) is 7.37. The van der Waals surface area contributed by atoms with E-state index in [4.69, 9.17) is 37.0 Å². The molecule has 0 aliphatic heterocycles. The summed E-state index contributed by atoms with van der Waals surface area (Å²) < 4.78 is 69.0. The second-order valence-electron chi connectivity index (χ2n) is 32.5. The van der Waals surface area contributed by atoms with E-state index in [0.717, 1.165) is 95.8 Å². The second-order valence-corrected chi connectivity index (χ2v) is 35.4. The molecule has 642 valence electrons. The van der Waals surface area contributed by atoms with Gasteiger partial charge in [-0.15, -0.1) is 0 Å². The monoisotopic (exact) mass is 1580 g/mol. The molecule has 0 bridgehead atoms. The minimum Gasteiger partial charge on any atom is -0.462 e. The van der Waals surface area contributed by atoms with Crippen LogP contribution in [0.2, 0.25) is 0 Å². The summed E-state index contributed by atoms with van der Waals surface area (Å²) in [5, 5.41) is 10.7. The topological polar surface area (TPSA) is 237 Å². The first-order chi connectivity index (χ1) is 52.5. The van der Waals surface area contributed by atoms with Gasteiger partial charge in [-0.3, -0.25) is 37.3 Å². The first-order valence-corrected chi connectivity index (χ1v) is 49.1. The summed E-state index contributed by atoms with van der Waals surface area (Å²) in [6, 6.07) is 0. The van der Waals surface area contributed by atoms with E-state index in [1.807, 2.05) is 0 Å². The lowest BCUT2D eigenvalue weighted by Gasteiger charge is -2.21. The minimum atomic E-state index is -4.97. The van der Waals surface area contributed by atoms with Crippen molar-refractivity contribution in [2.24, 2.45) is 5.92 Å². The van der Waals surface area contributed by atoms with Crippen LogP contribution < -0.4 is 0 Å². The van der Waals surface area contributed by atoms with Crippen molar-refractivity contribution in [3.05, 3.63) is 0 Å². The standard InChI is InChI=1S/C89H174O17P2/c1-6-9-12-15-18-21-24-27-29-31-33-35-36-38-40-42-45-48-54-59-64-69-74-88(93)105-84(78-100-87(92)73-68-63-58-53-47-44-41-39-37-34-32-30-28-25-22-19-16-13-10-7-2)80-103-107(95,96)101-76-83(90)77-102-108(97,98)104-81-85(106-89(94)75-70-65-60-55-50-49-51-56-61-66-71-82(4)5)79-99-86(91)72-67-62-57-52-46-43-26-23-20-17-14-11-8-3/h82-85,90H,6-81H2,1-5H3,(H,95,96)(H,97,98)/t83-,84-,85-/m1/s1. The average molecular weight is 1580 g/mol. The molecule has 17 nitrogen and oxygen atoms in total. The Morgan fingerprint density at radius 3 is 0.630 bits per heavy atom. The molecule has 0 aliphatic rings.